The van der Waals surface area contributed by atoms with Crippen LogP contribution in [0.2, 0.25) is 0 Å². The van der Waals surface area contributed by atoms with Gasteiger partial charge in [0.25, 0.3) is 5.91 Å². The fourth-order valence-electron chi connectivity index (χ4n) is 3.69. The number of carbonyl (C=O) groups excluding carboxylic acids is 1. The van der Waals surface area contributed by atoms with Crippen molar-refractivity contribution in [2.75, 3.05) is 24.5 Å². The van der Waals surface area contributed by atoms with E-state index in [4.69, 9.17) is 0 Å². The first kappa shape index (κ1) is 17.4. The summed E-state index contributed by atoms with van der Waals surface area (Å²) in [5, 5.41) is 7.25. The van der Waals surface area contributed by atoms with Crippen LogP contribution in [0.25, 0.3) is 11.4 Å². The van der Waals surface area contributed by atoms with Gasteiger partial charge in [-0.25, -0.2) is 0 Å². The van der Waals surface area contributed by atoms with Gasteiger partial charge in [-0.15, -0.1) is 0 Å². The molecule has 3 aromatic rings. The average molecular weight is 363 g/mol. The SMILES string of the molecule is Cc1ccc(N2CCN(C(=O)c3cc(-c4cccn4C)n[nH]3)[C@@H](C)C2)cc1. The number of aromatic nitrogens is 3. The summed E-state index contributed by atoms with van der Waals surface area (Å²) in [6, 6.07) is 14.5. The third kappa shape index (κ3) is 3.35. The number of hydrogen-bond acceptors (Lipinski definition) is 3. The molecule has 6 nitrogen and oxygen atoms in total. The smallest absolute Gasteiger partial charge is 0.272 e. The lowest BCUT2D eigenvalue weighted by Gasteiger charge is -2.40. The first-order valence-electron chi connectivity index (χ1n) is 9.32. The summed E-state index contributed by atoms with van der Waals surface area (Å²) in [5.41, 5.74) is 4.79. The molecule has 1 N–H and O–H groups in total. The van der Waals surface area contributed by atoms with E-state index in [2.05, 4.69) is 53.2 Å². The zero-order chi connectivity index (χ0) is 19.0. The highest BCUT2D eigenvalue weighted by molar-refractivity contribution is 5.93. The summed E-state index contributed by atoms with van der Waals surface area (Å²) < 4.78 is 1.99. The standard InChI is InChI=1S/C21H25N5O/c1-15-6-8-17(9-7-15)25-11-12-26(16(2)14-25)21(27)19-13-18(22-23-19)20-5-4-10-24(20)3/h4-10,13,16H,11-12,14H2,1-3H3,(H,22,23)/t16-/m0/s1. The minimum atomic E-state index is 0.0130. The minimum Gasteiger partial charge on any atom is -0.368 e. The molecule has 2 aromatic heterocycles. The van der Waals surface area contributed by atoms with Crippen molar-refractivity contribution in [1.29, 1.82) is 0 Å². The van der Waals surface area contributed by atoms with Crippen molar-refractivity contribution in [2.45, 2.75) is 19.9 Å². The molecule has 0 aliphatic carbocycles. The number of anilines is 1. The molecule has 6 heteroatoms. The first-order valence-corrected chi connectivity index (χ1v) is 9.32. The quantitative estimate of drug-likeness (QED) is 0.778. The molecule has 1 aromatic carbocycles. The Bertz CT molecular complexity index is 940. The Morgan fingerprint density at radius 1 is 1.19 bits per heavy atom. The molecule has 1 saturated heterocycles. The number of piperazine rings is 1. The van der Waals surface area contributed by atoms with Gasteiger partial charge in [0.2, 0.25) is 0 Å². The number of benzene rings is 1. The van der Waals surface area contributed by atoms with Gasteiger partial charge in [0.1, 0.15) is 11.4 Å². The van der Waals surface area contributed by atoms with Crippen LogP contribution in [0.1, 0.15) is 23.0 Å². The second-order valence-electron chi connectivity index (χ2n) is 7.30. The largest absolute Gasteiger partial charge is 0.368 e. The van der Waals surface area contributed by atoms with Crippen LogP contribution in [0.3, 0.4) is 0 Å². The van der Waals surface area contributed by atoms with Gasteiger partial charge in [-0.1, -0.05) is 17.7 Å². The van der Waals surface area contributed by atoms with Crippen molar-refractivity contribution in [3.63, 3.8) is 0 Å². The molecule has 3 heterocycles. The molecule has 0 bridgehead atoms. The maximum absolute atomic E-state index is 13.0. The highest BCUT2D eigenvalue weighted by Crippen LogP contribution is 2.22. The highest BCUT2D eigenvalue weighted by atomic mass is 16.2. The lowest BCUT2D eigenvalue weighted by molar-refractivity contribution is 0.0668. The Balaban J connectivity index is 1.47. The molecular formula is C21H25N5O. The van der Waals surface area contributed by atoms with E-state index in [0.29, 0.717) is 12.2 Å². The predicted octanol–water partition coefficient (Wildman–Crippen LogP) is 3.07. The van der Waals surface area contributed by atoms with Crippen LogP contribution >= 0.6 is 0 Å². The van der Waals surface area contributed by atoms with Crippen molar-refractivity contribution in [1.82, 2.24) is 19.7 Å². The number of nitrogens with one attached hydrogen (secondary N) is 1. The number of aryl methyl sites for hydroxylation is 2. The lowest BCUT2D eigenvalue weighted by atomic mass is 10.1. The number of aromatic amines is 1. The highest BCUT2D eigenvalue weighted by Gasteiger charge is 2.29. The number of hydrogen-bond donors (Lipinski definition) is 1. The summed E-state index contributed by atoms with van der Waals surface area (Å²) in [6.45, 7) is 6.56. The molecule has 140 valence electrons. The zero-order valence-electron chi connectivity index (χ0n) is 16.0. The third-order valence-electron chi connectivity index (χ3n) is 5.30. The molecule has 1 aliphatic heterocycles. The van der Waals surface area contributed by atoms with Crippen molar-refractivity contribution in [3.05, 3.63) is 59.9 Å². The topological polar surface area (TPSA) is 57.2 Å². The molecule has 0 spiro atoms. The predicted molar refractivity (Wildman–Crippen MR) is 107 cm³/mol. The van der Waals surface area contributed by atoms with Crippen LogP contribution in [0, 0.1) is 6.92 Å². The number of H-pyrrole nitrogens is 1. The minimum absolute atomic E-state index is 0.0130. The van der Waals surface area contributed by atoms with Crippen LogP contribution < -0.4 is 4.90 Å². The van der Waals surface area contributed by atoms with E-state index in [1.807, 2.05) is 40.9 Å². The van der Waals surface area contributed by atoms with Crippen LogP contribution in [-0.4, -0.2) is 51.2 Å². The molecular weight excluding hydrogens is 338 g/mol. The number of nitrogens with zero attached hydrogens (tertiary/aromatic N) is 4. The molecule has 0 unspecified atom stereocenters. The second-order valence-corrected chi connectivity index (χ2v) is 7.30. The van der Waals surface area contributed by atoms with Gasteiger partial charge >= 0.3 is 0 Å². The Morgan fingerprint density at radius 2 is 1.96 bits per heavy atom. The van der Waals surface area contributed by atoms with Gasteiger partial charge in [-0.3, -0.25) is 9.89 Å². The first-order chi connectivity index (χ1) is 13.0. The van der Waals surface area contributed by atoms with E-state index >= 15 is 0 Å². The van der Waals surface area contributed by atoms with Crippen LogP contribution in [0.4, 0.5) is 5.69 Å². The van der Waals surface area contributed by atoms with E-state index < -0.39 is 0 Å². The monoisotopic (exact) mass is 363 g/mol. The van der Waals surface area contributed by atoms with Crippen molar-refractivity contribution in [3.8, 4) is 11.4 Å². The van der Waals surface area contributed by atoms with Gasteiger partial charge in [0.15, 0.2) is 0 Å². The molecule has 1 amide bonds. The third-order valence-corrected chi connectivity index (χ3v) is 5.30. The molecule has 0 radical (unpaired) electrons. The molecule has 1 atom stereocenters. The van der Waals surface area contributed by atoms with Gasteiger partial charge < -0.3 is 14.4 Å². The van der Waals surface area contributed by atoms with Crippen molar-refractivity contribution < 1.29 is 4.79 Å². The van der Waals surface area contributed by atoms with E-state index in [1.165, 1.54) is 11.3 Å². The van der Waals surface area contributed by atoms with Gasteiger partial charge in [-0.05, 0) is 44.2 Å². The maximum atomic E-state index is 13.0. The summed E-state index contributed by atoms with van der Waals surface area (Å²) in [4.78, 5) is 17.3. The van der Waals surface area contributed by atoms with Gasteiger partial charge in [0, 0.05) is 44.6 Å². The molecule has 1 aliphatic rings. The molecule has 27 heavy (non-hydrogen) atoms. The number of rotatable bonds is 3. The van der Waals surface area contributed by atoms with Crippen molar-refractivity contribution >= 4 is 11.6 Å². The normalized spacial score (nSPS) is 17.4. The number of amides is 1. The van der Waals surface area contributed by atoms with Crippen LogP contribution in [-0.2, 0) is 7.05 Å². The Kier molecular flexibility index (Phi) is 4.48. The van der Waals surface area contributed by atoms with E-state index in [-0.39, 0.29) is 11.9 Å². The van der Waals surface area contributed by atoms with E-state index in [9.17, 15) is 4.79 Å². The van der Waals surface area contributed by atoms with Gasteiger partial charge in [0.05, 0.1) is 5.69 Å². The van der Waals surface area contributed by atoms with Crippen LogP contribution in [0.15, 0.2) is 48.7 Å². The fourth-order valence-corrected chi connectivity index (χ4v) is 3.69. The van der Waals surface area contributed by atoms with Gasteiger partial charge in [-0.2, -0.15) is 5.10 Å². The molecule has 0 saturated carbocycles. The molecule has 4 rings (SSSR count). The fraction of sp³-hybridized carbons (Fsp3) is 0.333. The Labute approximate surface area is 159 Å². The number of carbonyl (C=O) groups is 1. The van der Waals surface area contributed by atoms with Crippen LogP contribution in [0.5, 0.6) is 0 Å². The second kappa shape index (κ2) is 6.95. The average Bonchev–Trinajstić information content (AvgIpc) is 3.30. The molecule has 1 fully saturated rings. The Morgan fingerprint density at radius 3 is 2.63 bits per heavy atom. The lowest BCUT2D eigenvalue weighted by Crippen LogP contribution is -2.54. The summed E-state index contributed by atoms with van der Waals surface area (Å²) in [5.74, 6) is 0.0130. The zero-order valence-corrected chi connectivity index (χ0v) is 16.0. The summed E-state index contributed by atoms with van der Waals surface area (Å²) >= 11 is 0. The maximum Gasteiger partial charge on any atom is 0.272 e. The summed E-state index contributed by atoms with van der Waals surface area (Å²) in [7, 11) is 1.97. The Hall–Kier alpha value is -3.02. The van der Waals surface area contributed by atoms with E-state index in [1.54, 1.807) is 0 Å². The summed E-state index contributed by atoms with van der Waals surface area (Å²) in [6.07, 6.45) is 1.97. The van der Waals surface area contributed by atoms with Crippen molar-refractivity contribution in [2.24, 2.45) is 7.05 Å². The van der Waals surface area contributed by atoms with E-state index in [0.717, 1.165) is 24.5 Å².